The fourth-order valence-electron chi connectivity index (χ4n) is 8.77. The summed E-state index contributed by atoms with van der Waals surface area (Å²) in [7, 11) is 1.15. The Labute approximate surface area is 277 Å². The number of aliphatic hydroxyl groups is 1. The van der Waals surface area contributed by atoms with E-state index < -0.39 is 55.0 Å². The summed E-state index contributed by atoms with van der Waals surface area (Å²) >= 11 is 1.38. The van der Waals surface area contributed by atoms with Gasteiger partial charge in [-0.05, 0) is 71.4 Å². The molecule has 3 aliphatic carbocycles. The van der Waals surface area contributed by atoms with Gasteiger partial charge in [0.25, 0.3) is 11.8 Å². The summed E-state index contributed by atoms with van der Waals surface area (Å²) in [5.74, 6) is -4.80. The summed E-state index contributed by atoms with van der Waals surface area (Å²) in [5, 5.41) is 16.6. The molecule has 9 nitrogen and oxygen atoms in total. The van der Waals surface area contributed by atoms with Crippen molar-refractivity contribution in [1.29, 1.82) is 0 Å². The van der Waals surface area contributed by atoms with Crippen LogP contribution in [0.5, 0.6) is 0 Å². The Bertz CT molecular complexity index is 1950. The van der Waals surface area contributed by atoms with E-state index in [9.17, 15) is 14.7 Å². The van der Waals surface area contributed by atoms with Crippen LogP contribution in [0.3, 0.4) is 0 Å². The molecule has 4 fully saturated rings. The second-order valence-electron chi connectivity index (χ2n) is 13.0. The SMILES string of the molecule is COC(=O)OCOC1=C2C(=O)N3C4CCC(CC4)C3N(C3c4ccccc4-c4scc5c4-c4c3ccc(F)c4C(F)(F)C5)N2C=CC1O. The maximum atomic E-state index is 16.0. The first-order chi connectivity index (χ1) is 23.2. The van der Waals surface area contributed by atoms with Gasteiger partial charge in [-0.15, -0.1) is 11.3 Å². The first-order valence-electron chi connectivity index (χ1n) is 15.9. The molecular weight excluding hydrogens is 647 g/mol. The van der Waals surface area contributed by atoms with E-state index in [2.05, 4.69) is 4.74 Å². The summed E-state index contributed by atoms with van der Waals surface area (Å²) in [6, 6.07) is 9.62. The summed E-state index contributed by atoms with van der Waals surface area (Å²) in [6.45, 7) is -0.622. The molecule has 7 aliphatic rings. The standard InChI is InChI=1S/C35H30F3N3O6S/c1-45-34(44)47-16-46-30-24(42)12-13-39-29(30)33(43)40-19-8-6-17(7-9-19)32(40)41(39)28-20-4-2-3-5-21(20)31-25-18(15-48-31)14-35(37,38)27-23(36)11-10-22(28)26(25)27/h2-5,10-13,15,17,19,24,28,32,42H,6-9,14,16H2,1H3. The Morgan fingerprint density at radius 3 is 2.67 bits per heavy atom. The monoisotopic (exact) mass is 677 g/mol. The highest BCUT2D eigenvalue weighted by Crippen LogP contribution is 2.60. The quantitative estimate of drug-likeness (QED) is 0.251. The van der Waals surface area contributed by atoms with Gasteiger partial charge in [0.05, 0.1) is 18.7 Å². The van der Waals surface area contributed by atoms with E-state index in [1.165, 1.54) is 17.4 Å². The number of carbonyl (C=O) groups is 2. The molecule has 2 bridgehead atoms. The molecule has 3 aromatic rings. The van der Waals surface area contributed by atoms with Crippen molar-refractivity contribution in [1.82, 2.24) is 14.9 Å². The average Bonchev–Trinajstić information content (AvgIpc) is 3.45. The minimum absolute atomic E-state index is 0.0285. The smallest absolute Gasteiger partial charge is 0.456 e. The number of amides is 1. The van der Waals surface area contributed by atoms with Crippen LogP contribution in [0.25, 0.3) is 21.6 Å². The molecule has 0 radical (unpaired) electrons. The molecule has 10 rings (SSSR count). The van der Waals surface area contributed by atoms with Crippen molar-refractivity contribution in [3.63, 3.8) is 0 Å². The topological polar surface area (TPSA) is 91.8 Å². The Morgan fingerprint density at radius 1 is 1.08 bits per heavy atom. The molecule has 1 aromatic heterocycles. The maximum Gasteiger partial charge on any atom is 0.510 e. The lowest BCUT2D eigenvalue weighted by molar-refractivity contribution is -0.204. The number of alkyl halides is 2. The second kappa shape index (κ2) is 10.6. The molecule has 48 heavy (non-hydrogen) atoms. The predicted molar refractivity (Wildman–Crippen MR) is 166 cm³/mol. The highest BCUT2D eigenvalue weighted by Gasteiger charge is 2.58. The Hall–Kier alpha value is -4.33. The number of thiophene rings is 1. The van der Waals surface area contributed by atoms with Gasteiger partial charge in [0.2, 0.25) is 6.79 Å². The molecule has 2 aromatic carbocycles. The fourth-order valence-corrected chi connectivity index (χ4v) is 9.90. The van der Waals surface area contributed by atoms with Crippen LogP contribution >= 0.6 is 11.3 Å². The van der Waals surface area contributed by atoms with Gasteiger partial charge in [-0.2, -0.15) is 5.01 Å². The zero-order valence-electron chi connectivity index (χ0n) is 25.7. The van der Waals surface area contributed by atoms with Crippen LogP contribution in [0.4, 0.5) is 18.0 Å². The number of hydrazine groups is 1. The van der Waals surface area contributed by atoms with Gasteiger partial charge in [-0.3, -0.25) is 9.80 Å². The number of methoxy groups -OCH3 is 1. The Balaban J connectivity index is 1.30. The molecule has 1 N–H and O–H groups in total. The van der Waals surface area contributed by atoms with Crippen molar-refractivity contribution in [2.75, 3.05) is 13.9 Å². The second-order valence-corrected chi connectivity index (χ2v) is 13.9. The predicted octanol–water partition coefficient (Wildman–Crippen LogP) is 6.39. The van der Waals surface area contributed by atoms with Crippen molar-refractivity contribution >= 4 is 23.4 Å². The lowest BCUT2D eigenvalue weighted by Gasteiger charge is -2.62. The van der Waals surface area contributed by atoms with Crippen molar-refractivity contribution in [2.24, 2.45) is 5.92 Å². The number of ether oxygens (including phenoxy) is 3. The number of piperidine rings is 2. The van der Waals surface area contributed by atoms with Crippen LogP contribution in [0, 0.1) is 11.7 Å². The molecular formula is C35H30F3N3O6S. The highest BCUT2D eigenvalue weighted by molar-refractivity contribution is 7.14. The van der Waals surface area contributed by atoms with Crippen molar-refractivity contribution < 1.29 is 42.1 Å². The zero-order valence-corrected chi connectivity index (χ0v) is 26.5. The van der Waals surface area contributed by atoms with E-state index in [0.29, 0.717) is 16.7 Å². The zero-order chi connectivity index (χ0) is 33.1. The van der Waals surface area contributed by atoms with Crippen molar-refractivity contribution in [3.8, 4) is 21.6 Å². The van der Waals surface area contributed by atoms with Gasteiger partial charge in [0.15, 0.2) is 11.5 Å². The number of carbonyl (C=O) groups excluding carboxylic acids is 2. The summed E-state index contributed by atoms with van der Waals surface area (Å²) < 4.78 is 62.9. The van der Waals surface area contributed by atoms with Crippen LogP contribution in [-0.4, -0.2) is 64.3 Å². The van der Waals surface area contributed by atoms with Gasteiger partial charge >= 0.3 is 6.16 Å². The van der Waals surface area contributed by atoms with Crippen LogP contribution in [0.2, 0.25) is 0 Å². The molecule has 1 amide bonds. The van der Waals surface area contributed by atoms with Crippen LogP contribution in [0.1, 0.15) is 54.0 Å². The van der Waals surface area contributed by atoms with Crippen molar-refractivity contribution in [2.45, 2.75) is 62.4 Å². The summed E-state index contributed by atoms with van der Waals surface area (Å²) in [5.41, 5.74) is 2.89. The minimum Gasteiger partial charge on any atom is -0.456 e. The molecule has 3 unspecified atom stereocenters. The summed E-state index contributed by atoms with van der Waals surface area (Å²) in [4.78, 5) is 28.9. The van der Waals surface area contributed by atoms with E-state index in [-0.39, 0.29) is 34.9 Å². The number of nitrogens with zero attached hydrogens (tertiary/aromatic N) is 3. The number of halogens is 3. The maximum absolute atomic E-state index is 16.0. The first-order valence-corrected chi connectivity index (χ1v) is 16.8. The largest absolute Gasteiger partial charge is 0.510 e. The van der Waals surface area contributed by atoms with Crippen LogP contribution < -0.4 is 0 Å². The molecule has 248 valence electrons. The van der Waals surface area contributed by atoms with Gasteiger partial charge in [-0.1, -0.05) is 30.3 Å². The third kappa shape index (κ3) is 4.04. The Morgan fingerprint density at radius 2 is 1.88 bits per heavy atom. The van der Waals surface area contributed by atoms with Gasteiger partial charge < -0.3 is 24.2 Å². The van der Waals surface area contributed by atoms with Crippen LogP contribution in [-0.2, 0) is 31.3 Å². The third-order valence-electron chi connectivity index (χ3n) is 10.6. The van der Waals surface area contributed by atoms with E-state index in [0.717, 1.165) is 54.9 Å². The van der Waals surface area contributed by atoms with Gasteiger partial charge in [-0.25, -0.2) is 18.0 Å². The lowest BCUT2D eigenvalue weighted by atomic mass is 9.75. The molecule has 3 saturated heterocycles. The van der Waals surface area contributed by atoms with Gasteiger partial charge in [0.1, 0.15) is 18.1 Å². The lowest BCUT2D eigenvalue weighted by Crippen LogP contribution is -2.72. The fraction of sp³-hybridized carbons (Fsp3) is 0.371. The molecule has 5 heterocycles. The number of rotatable bonds is 4. The first kappa shape index (κ1) is 29.8. The number of benzene rings is 2. The van der Waals surface area contributed by atoms with Crippen LogP contribution in [0.15, 0.2) is 65.5 Å². The molecule has 1 saturated carbocycles. The summed E-state index contributed by atoms with van der Waals surface area (Å²) in [6.07, 6.45) is 3.00. The average molecular weight is 678 g/mol. The van der Waals surface area contributed by atoms with E-state index in [1.54, 1.807) is 22.7 Å². The number of aliphatic hydroxyl groups excluding tert-OH is 1. The number of hydrogen-bond acceptors (Lipinski definition) is 9. The molecule has 3 atom stereocenters. The highest BCUT2D eigenvalue weighted by atomic mass is 32.1. The van der Waals surface area contributed by atoms with Crippen molar-refractivity contribution in [3.05, 3.63) is 93.6 Å². The normalized spacial score (nSPS) is 27.5. The Kier molecular flexibility index (Phi) is 6.57. The molecule has 13 heteroatoms. The van der Waals surface area contributed by atoms with E-state index >= 15 is 13.2 Å². The number of fused-ring (bicyclic) bond motifs is 5. The van der Waals surface area contributed by atoms with E-state index in [4.69, 9.17) is 9.47 Å². The molecule has 4 aliphatic heterocycles. The number of hydrogen-bond donors (Lipinski definition) is 1. The minimum atomic E-state index is -3.43. The van der Waals surface area contributed by atoms with E-state index in [1.807, 2.05) is 34.2 Å². The third-order valence-corrected chi connectivity index (χ3v) is 11.7. The molecule has 0 spiro atoms. The van der Waals surface area contributed by atoms with Gasteiger partial charge in [0, 0.05) is 34.7 Å².